The molecule has 3 rings (SSSR count). The van der Waals surface area contributed by atoms with E-state index in [1.54, 1.807) is 24.5 Å². The van der Waals surface area contributed by atoms with Crippen LogP contribution in [-0.4, -0.2) is 29.5 Å². The summed E-state index contributed by atoms with van der Waals surface area (Å²) >= 11 is 0. The van der Waals surface area contributed by atoms with Crippen molar-refractivity contribution in [1.82, 2.24) is 4.57 Å². The zero-order chi connectivity index (χ0) is 20.1. The average Bonchev–Trinajstić information content (AvgIpc) is 3.29. The van der Waals surface area contributed by atoms with E-state index in [-0.39, 0.29) is 11.5 Å². The maximum Gasteiger partial charge on any atom is 0.344 e. The number of carbonyl (C=O) groups excluding carboxylic acids is 2. The van der Waals surface area contributed by atoms with Crippen LogP contribution >= 0.6 is 0 Å². The number of ether oxygens (including phenoxy) is 2. The van der Waals surface area contributed by atoms with Crippen molar-refractivity contribution in [3.8, 4) is 5.75 Å². The van der Waals surface area contributed by atoms with Crippen LogP contribution in [0.4, 0.5) is 4.39 Å². The molecule has 0 unspecified atom stereocenters. The van der Waals surface area contributed by atoms with Crippen LogP contribution in [0.15, 0.2) is 53.1 Å². The molecule has 0 fully saturated rings. The van der Waals surface area contributed by atoms with Gasteiger partial charge in [0.15, 0.2) is 24.8 Å². The minimum atomic E-state index is -0.749. The second-order valence-electron chi connectivity index (χ2n) is 6.25. The molecule has 2 heterocycles. The third kappa shape index (κ3) is 4.49. The number of hydrogen-bond acceptors (Lipinski definition) is 5. The summed E-state index contributed by atoms with van der Waals surface area (Å²) in [5, 5.41) is 0. The van der Waals surface area contributed by atoms with Gasteiger partial charge in [0.25, 0.3) is 0 Å². The van der Waals surface area contributed by atoms with Crippen LogP contribution in [0.25, 0.3) is 0 Å². The highest BCUT2D eigenvalue weighted by atomic mass is 19.1. The van der Waals surface area contributed by atoms with Gasteiger partial charge in [-0.05, 0) is 44.2 Å². The Kier molecular flexibility index (Phi) is 5.93. The first kappa shape index (κ1) is 19.4. The molecule has 0 amide bonds. The summed E-state index contributed by atoms with van der Waals surface area (Å²) in [6.07, 6.45) is 1.60. The van der Waals surface area contributed by atoms with E-state index in [1.165, 1.54) is 18.2 Å². The molecule has 0 aliphatic heterocycles. The van der Waals surface area contributed by atoms with Crippen LogP contribution in [0.2, 0.25) is 0 Å². The molecular weight excluding hydrogens is 365 g/mol. The van der Waals surface area contributed by atoms with Gasteiger partial charge in [-0.25, -0.2) is 9.18 Å². The first-order valence-corrected chi connectivity index (χ1v) is 8.71. The Hall–Kier alpha value is -3.35. The molecule has 0 saturated carbocycles. The normalized spacial score (nSPS) is 10.7. The molecule has 146 valence electrons. The number of hydrogen-bond donors (Lipinski definition) is 0. The van der Waals surface area contributed by atoms with Crippen LogP contribution in [-0.2, 0) is 16.1 Å². The molecule has 0 N–H and O–H groups in total. The Morgan fingerprint density at radius 2 is 1.89 bits per heavy atom. The molecule has 3 aromatic rings. The first-order chi connectivity index (χ1) is 13.5. The van der Waals surface area contributed by atoms with Crippen molar-refractivity contribution in [3.05, 3.63) is 77.3 Å². The van der Waals surface area contributed by atoms with Crippen LogP contribution in [0.5, 0.6) is 5.75 Å². The van der Waals surface area contributed by atoms with Crippen molar-refractivity contribution in [2.75, 3.05) is 13.2 Å². The van der Waals surface area contributed by atoms with Gasteiger partial charge in [0.1, 0.15) is 5.76 Å². The smallest absolute Gasteiger partial charge is 0.344 e. The van der Waals surface area contributed by atoms with Gasteiger partial charge in [-0.2, -0.15) is 0 Å². The molecule has 0 spiro atoms. The summed E-state index contributed by atoms with van der Waals surface area (Å²) in [7, 11) is 0. The highest BCUT2D eigenvalue weighted by Gasteiger charge is 2.18. The van der Waals surface area contributed by atoms with Crippen molar-refractivity contribution in [3.63, 3.8) is 0 Å². The third-order valence-corrected chi connectivity index (χ3v) is 4.31. The van der Waals surface area contributed by atoms with Gasteiger partial charge in [0.2, 0.25) is 5.78 Å². The minimum absolute atomic E-state index is 0.0488. The van der Waals surface area contributed by atoms with Gasteiger partial charge in [-0.3, -0.25) is 4.79 Å². The van der Waals surface area contributed by atoms with E-state index in [4.69, 9.17) is 13.9 Å². The largest absolute Gasteiger partial charge is 0.479 e. The second kappa shape index (κ2) is 8.56. The number of carbonyl (C=O) groups is 2. The topological polar surface area (TPSA) is 70.7 Å². The van der Waals surface area contributed by atoms with E-state index in [1.807, 2.05) is 24.5 Å². The predicted molar refractivity (Wildman–Crippen MR) is 98.9 cm³/mol. The lowest BCUT2D eigenvalue weighted by atomic mass is 10.1. The van der Waals surface area contributed by atoms with E-state index < -0.39 is 25.0 Å². The maximum absolute atomic E-state index is 13.5. The second-order valence-corrected chi connectivity index (χ2v) is 6.25. The molecule has 6 nitrogen and oxygen atoms in total. The van der Waals surface area contributed by atoms with Crippen LogP contribution in [0.1, 0.15) is 27.5 Å². The van der Waals surface area contributed by atoms with Gasteiger partial charge in [-0.15, -0.1) is 0 Å². The number of aryl methyl sites for hydroxylation is 1. The van der Waals surface area contributed by atoms with Gasteiger partial charge in [0.05, 0.1) is 12.8 Å². The fourth-order valence-electron chi connectivity index (χ4n) is 2.85. The molecule has 0 atom stereocenters. The summed E-state index contributed by atoms with van der Waals surface area (Å²) in [6.45, 7) is 3.33. The lowest BCUT2D eigenvalue weighted by Gasteiger charge is -2.09. The fraction of sp³-hybridized carbons (Fsp3) is 0.238. The average molecular weight is 385 g/mol. The summed E-state index contributed by atoms with van der Waals surface area (Å²) < 4.78 is 30.8. The molecular formula is C21H20FNO5. The standard InChI is InChI=1S/C21H20FNO5/c1-14-10-17(15(2)23(14)11-16-6-5-9-26-16)19(24)12-28-21(25)13-27-20-8-4-3-7-18(20)22/h3-10H,11-13H2,1-2H3. The van der Waals surface area contributed by atoms with Crippen molar-refractivity contribution < 1.29 is 27.9 Å². The monoisotopic (exact) mass is 385 g/mol. The van der Waals surface area contributed by atoms with Crippen molar-refractivity contribution in [2.24, 2.45) is 0 Å². The van der Waals surface area contributed by atoms with Gasteiger partial charge in [0, 0.05) is 17.0 Å². The number of ketones is 1. The van der Waals surface area contributed by atoms with Crippen LogP contribution < -0.4 is 4.74 Å². The van der Waals surface area contributed by atoms with Crippen molar-refractivity contribution in [1.29, 1.82) is 0 Å². The lowest BCUT2D eigenvalue weighted by molar-refractivity contribution is -0.144. The molecule has 7 heteroatoms. The zero-order valence-electron chi connectivity index (χ0n) is 15.6. The fourth-order valence-corrected chi connectivity index (χ4v) is 2.85. The number of rotatable bonds is 8. The SMILES string of the molecule is Cc1cc(C(=O)COC(=O)COc2ccccc2F)c(C)n1Cc1ccco1. The number of nitrogens with zero attached hydrogens (tertiary/aromatic N) is 1. The number of Topliss-reactive ketones (excluding diaryl/α,β-unsaturated/α-hetero) is 1. The lowest BCUT2D eigenvalue weighted by Crippen LogP contribution is -2.20. The van der Waals surface area contributed by atoms with Gasteiger partial charge in [-0.1, -0.05) is 12.1 Å². The summed E-state index contributed by atoms with van der Waals surface area (Å²) in [6, 6.07) is 11.2. The van der Waals surface area contributed by atoms with E-state index in [2.05, 4.69) is 0 Å². The predicted octanol–water partition coefficient (Wildman–Crippen LogP) is 3.69. The molecule has 0 bridgehead atoms. The molecule has 1 aromatic carbocycles. The number of benzene rings is 1. The van der Waals surface area contributed by atoms with Crippen molar-refractivity contribution >= 4 is 11.8 Å². The van der Waals surface area contributed by atoms with E-state index in [0.717, 1.165) is 17.1 Å². The van der Waals surface area contributed by atoms with Crippen molar-refractivity contribution in [2.45, 2.75) is 20.4 Å². The minimum Gasteiger partial charge on any atom is -0.479 e. The van der Waals surface area contributed by atoms with E-state index in [9.17, 15) is 14.0 Å². The molecule has 0 saturated heterocycles. The quantitative estimate of drug-likeness (QED) is 0.437. The Balaban J connectivity index is 1.56. The summed E-state index contributed by atoms with van der Waals surface area (Å²) in [5.74, 6) is -0.917. The number of halogens is 1. The van der Waals surface area contributed by atoms with Crippen LogP contribution in [0, 0.1) is 19.7 Å². The molecule has 0 radical (unpaired) electrons. The van der Waals surface area contributed by atoms with E-state index >= 15 is 0 Å². The van der Waals surface area contributed by atoms with Gasteiger partial charge >= 0.3 is 5.97 Å². The first-order valence-electron chi connectivity index (χ1n) is 8.71. The summed E-state index contributed by atoms with van der Waals surface area (Å²) in [5.41, 5.74) is 2.14. The Morgan fingerprint density at radius 3 is 2.61 bits per heavy atom. The highest BCUT2D eigenvalue weighted by Crippen LogP contribution is 2.18. The molecule has 0 aliphatic rings. The molecule has 0 aliphatic carbocycles. The number of para-hydroxylation sites is 1. The Bertz CT molecular complexity index is 975. The highest BCUT2D eigenvalue weighted by molar-refractivity contribution is 5.99. The maximum atomic E-state index is 13.5. The number of esters is 1. The third-order valence-electron chi connectivity index (χ3n) is 4.31. The number of aromatic nitrogens is 1. The Labute approximate surface area is 161 Å². The van der Waals surface area contributed by atoms with E-state index in [0.29, 0.717) is 12.1 Å². The molecule has 2 aromatic heterocycles. The Morgan fingerprint density at radius 1 is 1.11 bits per heavy atom. The summed E-state index contributed by atoms with van der Waals surface area (Å²) in [4.78, 5) is 24.2. The molecule has 28 heavy (non-hydrogen) atoms. The number of furan rings is 1. The zero-order valence-corrected chi connectivity index (χ0v) is 15.6. The van der Waals surface area contributed by atoms with Crippen LogP contribution in [0.3, 0.4) is 0 Å². The van der Waals surface area contributed by atoms with Gasteiger partial charge < -0.3 is 18.5 Å².